The molecule has 0 spiro atoms. The lowest BCUT2D eigenvalue weighted by Gasteiger charge is -2.34. The van der Waals surface area contributed by atoms with Crippen molar-refractivity contribution in [3.8, 4) is 0 Å². The Hall–Kier alpha value is -1.59. The van der Waals surface area contributed by atoms with Crippen LogP contribution in [0.3, 0.4) is 0 Å². The van der Waals surface area contributed by atoms with Crippen molar-refractivity contribution in [2.45, 2.75) is 44.2 Å². The normalized spacial score (nSPS) is 28.9. The monoisotopic (exact) mass is 240 g/mol. The number of hydrogen-bond acceptors (Lipinski definition) is 3. The number of rotatable bonds is 2. The number of carboxylic acid groups (broad SMARTS) is 1. The average molecular weight is 240 g/mol. The first-order valence-corrected chi connectivity index (χ1v) is 5.92. The van der Waals surface area contributed by atoms with Gasteiger partial charge in [-0.3, -0.25) is 9.59 Å². The van der Waals surface area contributed by atoms with Gasteiger partial charge in [0.25, 0.3) is 0 Å². The summed E-state index contributed by atoms with van der Waals surface area (Å²) in [6, 6.07) is -1.25. The molecule has 0 aromatic rings. The van der Waals surface area contributed by atoms with Crippen LogP contribution in [-0.2, 0) is 14.4 Å². The van der Waals surface area contributed by atoms with Crippen molar-refractivity contribution in [3.05, 3.63) is 0 Å². The third-order valence-electron chi connectivity index (χ3n) is 3.36. The van der Waals surface area contributed by atoms with E-state index in [1.807, 2.05) is 0 Å². The molecule has 0 saturated carbocycles. The summed E-state index contributed by atoms with van der Waals surface area (Å²) in [5.74, 6) is -1.34. The standard InChI is InChI=1S/C11H16N2O4/c14-9-5-4-7(12-9)10(15)13-6-2-1-3-8(13)11(16)17/h7-8H,1-6H2,(H,12,14)(H,16,17)/t7-,8?/m1/s1. The summed E-state index contributed by atoms with van der Waals surface area (Å²) in [5.41, 5.74) is 0. The van der Waals surface area contributed by atoms with Gasteiger partial charge < -0.3 is 15.3 Å². The molecule has 2 amide bonds. The molecule has 0 aromatic heterocycles. The van der Waals surface area contributed by atoms with Crippen molar-refractivity contribution < 1.29 is 19.5 Å². The Labute approximate surface area is 99.0 Å². The van der Waals surface area contributed by atoms with Crippen LogP contribution in [0.2, 0.25) is 0 Å². The zero-order valence-electron chi connectivity index (χ0n) is 9.52. The van der Waals surface area contributed by atoms with Crippen LogP contribution in [0.5, 0.6) is 0 Å². The van der Waals surface area contributed by atoms with Crippen LogP contribution < -0.4 is 5.32 Å². The first-order chi connectivity index (χ1) is 8.09. The average Bonchev–Trinajstić information content (AvgIpc) is 2.75. The van der Waals surface area contributed by atoms with Crippen LogP contribution >= 0.6 is 0 Å². The second kappa shape index (κ2) is 4.73. The molecule has 2 saturated heterocycles. The Kier molecular flexibility index (Phi) is 3.31. The van der Waals surface area contributed by atoms with E-state index in [0.29, 0.717) is 25.8 Å². The van der Waals surface area contributed by atoms with E-state index in [-0.39, 0.29) is 11.8 Å². The van der Waals surface area contributed by atoms with E-state index in [1.165, 1.54) is 4.90 Å². The first kappa shape index (κ1) is 11.9. The molecule has 0 radical (unpaired) electrons. The molecule has 0 aliphatic carbocycles. The van der Waals surface area contributed by atoms with Crippen LogP contribution in [0.4, 0.5) is 0 Å². The lowest BCUT2D eigenvalue weighted by molar-refractivity contribution is -0.152. The predicted octanol–water partition coefficient (Wildman–Crippen LogP) is -0.269. The maximum atomic E-state index is 12.1. The van der Waals surface area contributed by atoms with Crippen molar-refractivity contribution in [3.63, 3.8) is 0 Å². The topological polar surface area (TPSA) is 86.7 Å². The maximum Gasteiger partial charge on any atom is 0.326 e. The van der Waals surface area contributed by atoms with Crippen LogP contribution in [0.25, 0.3) is 0 Å². The summed E-state index contributed by atoms with van der Waals surface area (Å²) < 4.78 is 0. The van der Waals surface area contributed by atoms with Gasteiger partial charge in [-0.1, -0.05) is 0 Å². The number of carbonyl (C=O) groups excluding carboxylic acids is 2. The fraction of sp³-hybridized carbons (Fsp3) is 0.727. The lowest BCUT2D eigenvalue weighted by Crippen LogP contribution is -2.53. The van der Waals surface area contributed by atoms with Crippen LogP contribution in [0, 0.1) is 0 Å². The van der Waals surface area contributed by atoms with Gasteiger partial charge in [0, 0.05) is 13.0 Å². The van der Waals surface area contributed by atoms with E-state index in [0.717, 1.165) is 12.8 Å². The Morgan fingerprint density at radius 1 is 1.29 bits per heavy atom. The molecular formula is C11H16N2O4. The molecule has 17 heavy (non-hydrogen) atoms. The maximum absolute atomic E-state index is 12.1. The highest BCUT2D eigenvalue weighted by atomic mass is 16.4. The summed E-state index contributed by atoms with van der Waals surface area (Å²) in [7, 11) is 0. The number of hydrogen-bond donors (Lipinski definition) is 2. The van der Waals surface area contributed by atoms with Crippen molar-refractivity contribution in [2.75, 3.05) is 6.54 Å². The third-order valence-corrected chi connectivity index (χ3v) is 3.36. The molecule has 6 nitrogen and oxygen atoms in total. The number of likely N-dealkylation sites (tertiary alicyclic amines) is 1. The van der Waals surface area contributed by atoms with Gasteiger partial charge in [-0.15, -0.1) is 0 Å². The van der Waals surface area contributed by atoms with Crippen LogP contribution in [-0.4, -0.2) is 46.4 Å². The number of amides is 2. The number of aliphatic carboxylic acids is 1. The highest BCUT2D eigenvalue weighted by Gasteiger charge is 2.37. The number of piperidine rings is 1. The van der Waals surface area contributed by atoms with Crippen molar-refractivity contribution in [1.82, 2.24) is 10.2 Å². The first-order valence-electron chi connectivity index (χ1n) is 5.92. The largest absolute Gasteiger partial charge is 0.480 e. The van der Waals surface area contributed by atoms with E-state index < -0.39 is 18.1 Å². The minimum Gasteiger partial charge on any atom is -0.480 e. The molecule has 2 atom stereocenters. The molecule has 2 heterocycles. The van der Waals surface area contributed by atoms with Crippen molar-refractivity contribution in [2.24, 2.45) is 0 Å². The Balaban J connectivity index is 2.06. The van der Waals surface area contributed by atoms with Gasteiger partial charge >= 0.3 is 5.97 Å². The summed E-state index contributed by atoms with van der Waals surface area (Å²) in [6.45, 7) is 0.474. The molecule has 1 unspecified atom stereocenters. The Morgan fingerprint density at radius 2 is 2.06 bits per heavy atom. The van der Waals surface area contributed by atoms with E-state index in [4.69, 9.17) is 5.11 Å². The van der Waals surface area contributed by atoms with Gasteiger partial charge in [-0.25, -0.2) is 4.79 Å². The fourth-order valence-corrected chi connectivity index (χ4v) is 2.45. The quantitative estimate of drug-likeness (QED) is 0.695. The second-order valence-corrected chi connectivity index (χ2v) is 4.54. The van der Waals surface area contributed by atoms with Crippen molar-refractivity contribution in [1.29, 1.82) is 0 Å². The Morgan fingerprint density at radius 3 is 2.65 bits per heavy atom. The molecule has 0 aromatic carbocycles. The molecule has 2 rings (SSSR count). The molecule has 2 aliphatic rings. The zero-order valence-corrected chi connectivity index (χ0v) is 9.52. The number of nitrogens with zero attached hydrogens (tertiary/aromatic N) is 1. The SMILES string of the molecule is O=C1CC[C@H](C(=O)N2CCCCC2C(=O)O)N1. The highest BCUT2D eigenvalue weighted by molar-refractivity contribution is 5.93. The highest BCUT2D eigenvalue weighted by Crippen LogP contribution is 2.20. The minimum atomic E-state index is -0.956. The summed E-state index contributed by atoms with van der Waals surface area (Å²) in [4.78, 5) is 35.6. The molecule has 6 heteroatoms. The summed E-state index contributed by atoms with van der Waals surface area (Å²) in [5, 5.41) is 11.7. The molecular weight excluding hydrogens is 224 g/mol. The predicted molar refractivity (Wildman–Crippen MR) is 58.2 cm³/mol. The molecule has 0 bridgehead atoms. The molecule has 2 N–H and O–H groups in total. The smallest absolute Gasteiger partial charge is 0.326 e. The number of carboxylic acids is 1. The van der Waals surface area contributed by atoms with E-state index in [9.17, 15) is 14.4 Å². The minimum absolute atomic E-state index is 0.132. The second-order valence-electron chi connectivity index (χ2n) is 4.54. The molecule has 2 fully saturated rings. The van der Waals surface area contributed by atoms with Crippen LogP contribution in [0.15, 0.2) is 0 Å². The van der Waals surface area contributed by atoms with Gasteiger partial charge in [0.2, 0.25) is 11.8 Å². The van der Waals surface area contributed by atoms with E-state index in [1.54, 1.807) is 0 Å². The van der Waals surface area contributed by atoms with Gasteiger partial charge in [0.1, 0.15) is 12.1 Å². The van der Waals surface area contributed by atoms with Gasteiger partial charge in [0.15, 0.2) is 0 Å². The van der Waals surface area contributed by atoms with Crippen molar-refractivity contribution >= 4 is 17.8 Å². The zero-order chi connectivity index (χ0) is 12.4. The van der Waals surface area contributed by atoms with E-state index >= 15 is 0 Å². The lowest BCUT2D eigenvalue weighted by atomic mass is 10.0. The number of carbonyl (C=O) groups is 3. The van der Waals surface area contributed by atoms with Crippen LogP contribution in [0.1, 0.15) is 32.1 Å². The molecule has 94 valence electrons. The van der Waals surface area contributed by atoms with Gasteiger partial charge in [-0.2, -0.15) is 0 Å². The van der Waals surface area contributed by atoms with Gasteiger partial charge in [-0.05, 0) is 25.7 Å². The third kappa shape index (κ3) is 2.40. The fourth-order valence-electron chi connectivity index (χ4n) is 2.45. The number of nitrogens with one attached hydrogen (secondary N) is 1. The Bertz CT molecular complexity index is 355. The van der Waals surface area contributed by atoms with Gasteiger partial charge in [0.05, 0.1) is 0 Å². The van der Waals surface area contributed by atoms with E-state index in [2.05, 4.69) is 5.32 Å². The molecule has 2 aliphatic heterocycles. The summed E-state index contributed by atoms with van der Waals surface area (Å²) >= 11 is 0. The summed E-state index contributed by atoms with van der Waals surface area (Å²) in [6.07, 6.45) is 2.98.